The molecular formula is C17H21FN4OS. The number of rotatable bonds is 5. The Kier molecular flexibility index (Phi) is 5.52. The van der Waals surface area contributed by atoms with E-state index in [1.54, 1.807) is 6.07 Å². The second-order valence-corrected chi connectivity index (χ2v) is 7.34. The lowest BCUT2D eigenvalue weighted by atomic mass is 9.93. The van der Waals surface area contributed by atoms with E-state index in [2.05, 4.69) is 20.2 Å². The summed E-state index contributed by atoms with van der Waals surface area (Å²) < 4.78 is 12.9. The van der Waals surface area contributed by atoms with Crippen molar-refractivity contribution in [2.24, 2.45) is 5.92 Å². The van der Waals surface area contributed by atoms with Gasteiger partial charge in [-0.25, -0.2) is 9.37 Å². The van der Waals surface area contributed by atoms with Crippen LogP contribution in [0.5, 0.6) is 0 Å². The van der Waals surface area contributed by atoms with E-state index in [1.165, 1.54) is 36.9 Å². The molecule has 1 amide bonds. The van der Waals surface area contributed by atoms with Crippen molar-refractivity contribution in [1.82, 2.24) is 14.9 Å². The summed E-state index contributed by atoms with van der Waals surface area (Å²) in [4.78, 5) is 23.0. The number of likely N-dealkylation sites (tertiary alicyclic amines) is 1. The van der Waals surface area contributed by atoms with Crippen molar-refractivity contribution in [2.45, 2.75) is 32.7 Å². The van der Waals surface area contributed by atoms with Gasteiger partial charge in [-0.05, 0) is 43.9 Å². The molecule has 24 heavy (non-hydrogen) atoms. The summed E-state index contributed by atoms with van der Waals surface area (Å²) in [6, 6.07) is 3.25. The SMILES string of the molecule is CC(=O)Nc1ncc(CN2CCC[C@@H](Cc3ccc(F)cn3)C2)s1. The third kappa shape index (κ3) is 4.82. The minimum atomic E-state index is -0.288. The zero-order chi connectivity index (χ0) is 16.9. The van der Waals surface area contributed by atoms with E-state index in [0.29, 0.717) is 11.0 Å². The van der Waals surface area contributed by atoms with Crippen LogP contribution >= 0.6 is 11.3 Å². The van der Waals surface area contributed by atoms with Crippen LogP contribution in [-0.4, -0.2) is 33.9 Å². The number of piperidine rings is 1. The molecule has 1 saturated heterocycles. The summed E-state index contributed by atoms with van der Waals surface area (Å²) in [5.74, 6) is 0.157. The van der Waals surface area contributed by atoms with Crippen LogP contribution in [0, 0.1) is 11.7 Å². The van der Waals surface area contributed by atoms with E-state index in [4.69, 9.17) is 0 Å². The van der Waals surface area contributed by atoms with Crippen molar-refractivity contribution in [2.75, 3.05) is 18.4 Å². The van der Waals surface area contributed by atoms with Crippen LogP contribution in [0.25, 0.3) is 0 Å². The normalized spacial score (nSPS) is 18.5. The summed E-state index contributed by atoms with van der Waals surface area (Å²) in [6.07, 6.45) is 6.34. The predicted molar refractivity (Wildman–Crippen MR) is 92.3 cm³/mol. The van der Waals surface area contributed by atoms with Crippen molar-refractivity contribution in [1.29, 1.82) is 0 Å². The Morgan fingerprint density at radius 2 is 2.29 bits per heavy atom. The van der Waals surface area contributed by atoms with E-state index >= 15 is 0 Å². The Bertz CT molecular complexity index is 688. The predicted octanol–water partition coefficient (Wildman–Crippen LogP) is 3.09. The smallest absolute Gasteiger partial charge is 0.223 e. The number of thiazole rings is 1. The molecule has 2 aromatic heterocycles. The molecule has 1 aliphatic heterocycles. The molecule has 7 heteroatoms. The summed E-state index contributed by atoms with van der Waals surface area (Å²) in [5.41, 5.74) is 0.953. The fourth-order valence-electron chi connectivity index (χ4n) is 3.09. The molecule has 1 fully saturated rings. The summed E-state index contributed by atoms with van der Waals surface area (Å²) in [6.45, 7) is 4.41. The first-order chi connectivity index (χ1) is 11.6. The van der Waals surface area contributed by atoms with E-state index in [-0.39, 0.29) is 11.7 Å². The lowest BCUT2D eigenvalue weighted by molar-refractivity contribution is -0.114. The van der Waals surface area contributed by atoms with Gasteiger partial charge in [0.1, 0.15) is 5.82 Å². The number of carbonyl (C=O) groups excluding carboxylic acids is 1. The summed E-state index contributed by atoms with van der Waals surface area (Å²) in [7, 11) is 0. The molecule has 3 heterocycles. The standard InChI is InChI=1S/C17H21FN4OS/c1-12(23)21-17-20-9-16(24-17)11-22-6-2-3-13(10-22)7-15-5-4-14(18)8-19-15/h4-5,8-9,13H,2-3,6-7,10-11H2,1H3,(H,20,21,23)/t13-/m0/s1. The maximum absolute atomic E-state index is 12.9. The molecule has 128 valence electrons. The molecular weight excluding hydrogens is 327 g/mol. The molecule has 1 aliphatic rings. The molecule has 0 spiro atoms. The maximum atomic E-state index is 12.9. The highest BCUT2D eigenvalue weighted by molar-refractivity contribution is 7.15. The molecule has 0 aromatic carbocycles. The van der Waals surface area contributed by atoms with Crippen LogP contribution in [0.2, 0.25) is 0 Å². The minimum Gasteiger partial charge on any atom is -0.302 e. The third-order valence-electron chi connectivity index (χ3n) is 4.11. The molecule has 2 aromatic rings. The van der Waals surface area contributed by atoms with Crippen LogP contribution in [0.4, 0.5) is 9.52 Å². The van der Waals surface area contributed by atoms with Crippen molar-refractivity contribution in [3.8, 4) is 0 Å². The van der Waals surface area contributed by atoms with Crippen LogP contribution in [-0.2, 0) is 17.8 Å². The fraction of sp³-hybridized carbons (Fsp3) is 0.471. The molecule has 0 radical (unpaired) electrons. The van der Waals surface area contributed by atoms with Gasteiger partial charge in [0.25, 0.3) is 0 Å². The van der Waals surface area contributed by atoms with Crippen LogP contribution < -0.4 is 5.32 Å². The second-order valence-electron chi connectivity index (χ2n) is 6.23. The largest absolute Gasteiger partial charge is 0.302 e. The molecule has 3 rings (SSSR count). The lowest BCUT2D eigenvalue weighted by Gasteiger charge is -2.32. The van der Waals surface area contributed by atoms with Crippen LogP contribution in [0.15, 0.2) is 24.5 Å². The molecule has 0 unspecified atom stereocenters. The van der Waals surface area contributed by atoms with Gasteiger partial charge in [0.15, 0.2) is 5.13 Å². The van der Waals surface area contributed by atoms with Crippen molar-refractivity contribution < 1.29 is 9.18 Å². The molecule has 1 atom stereocenters. The number of aromatic nitrogens is 2. The van der Waals surface area contributed by atoms with Crippen LogP contribution in [0.1, 0.15) is 30.3 Å². The highest BCUT2D eigenvalue weighted by Crippen LogP contribution is 2.24. The zero-order valence-electron chi connectivity index (χ0n) is 13.7. The first-order valence-electron chi connectivity index (χ1n) is 8.13. The molecule has 5 nitrogen and oxygen atoms in total. The quantitative estimate of drug-likeness (QED) is 0.902. The van der Waals surface area contributed by atoms with Gasteiger partial charge in [-0.1, -0.05) is 0 Å². The second kappa shape index (κ2) is 7.81. The highest BCUT2D eigenvalue weighted by Gasteiger charge is 2.21. The Balaban J connectivity index is 1.54. The number of hydrogen-bond acceptors (Lipinski definition) is 5. The first kappa shape index (κ1) is 17.0. The van der Waals surface area contributed by atoms with E-state index < -0.39 is 0 Å². The maximum Gasteiger partial charge on any atom is 0.223 e. The number of nitrogens with one attached hydrogen (secondary N) is 1. The lowest BCUT2D eigenvalue weighted by Crippen LogP contribution is -2.35. The number of nitrogens with zero attached hydrogens (tertiary/aromatic N) is 3. The van der Waals surface area contributed by atoms with Gasteiger partial charge in [0.2, 0.25) is 5.91 Å². The van der Waals surface area contributed by atoms with E-state index in [9.17, 15) is 9.18 Å². The zero-order valence-corrected chi connectivity index (χ0v) is 14.5. The Labute approximate surface area is 144 Å². The summed E-state index contributed by atoms with van der Waals surface area (Å²) >= 11 is 1.52. The fourth-order valence-corrected chi connectivity index (χ4v) is 3.99. The average molecular weight is 348 g/mol. The van der Waals surface area contributed by atoms with Crippen molar-refractivity contribution in [3.05, 3.63) is 40.9 Å². The average Bonchev–Trinajstić information content (AvgIpc) is 2.96. The number of pyridine rings is 1. The first-order valence-corrected chi connectivity index (χ1v) is 8.95. The Morgan fingerprint density at radius 3 is 3.04 bits per heavy atom. The molecule has 0 bridgehead atoms. The highest BCUT2D eigenvalue weighted by atomic mass is 32.1. The van der Waals surface area contributed by atoms with Crippen LogP contribution in [0.3, 0.4) is 0 Å². The summed E-state index contributed by atoms with van der Waals surface area (Å²) in [5, 5.41) is 3.37. The van der Waals surface area contributed by atoms with Gasteiger partial charge in [0, 0.05) is 36.8 Å². The van der Waals surface area contributed by atoms with E-state index in [1.807, 2.05) is 6.20 Å². The monoisotopic (exact) mass is 348 g/mol. The van der Waals surface area contributed by atoms with Gasteiger partial charge < -0.3 is 5.32 Å². The van der Waals surface area contributed by atoms with Gasteiger partial charge in [-0.3, -0.25) is 14.7 Å². The number of hydrogen-bond donors (Lipinski definition) is 1. The topological polar surface area (TPSA) is 58.1 Å². The molecule has 0 aliphatic carbocycles. The molecule has 0 saturated carbocycles. The Hall–Kier alpha value is -1.86. The van der Waals surface area contributed by atoms with Gasteiger partial charge in [-0.2, -0.15) is 0 Å². The number of carbonyl (C=O) groups is 1. The van der Waals surface area contributed by atoms with Crippen molar-refractivity contribution in [3.63, 3.8) is 0 Å². The minimum absolute atomic E-state index is 0.0965. The Morgan fingerprint density at radius 1 is 1.42 bits per heavy atom. The molecule has 1 N–H and O–H groups in total. The van der Waals surface area contributed by atoms with Crippen molar-refractivity contribution >= 4 is 22.4 Å². The van der Waals surface area contributed by atoms with E-state index in [0.717, 1.165) is 43.0 Å². The van der Waals surface area contributed by atoms with Gasteiger partial charge in [-0.15, -0.1) is 11.3 Å². The number of anilines is 1. The number of halogens is 1. The van der Waals surface area contributed by atoms with Gasteiger partial charge in [0.05, 0.1) is 6.20 Å². The third-order valence-corrected chi connectivity index (χ3v) is 5.00. The number of amides is 1. The van der Waals surface area contributed by atoms with Gasteiger partial charge >= 0.3 is 0 Å².